The summed E-state index contributed by atoms with van der Waals surface area (Å²) in [5.74, 6) is -0.675. The molecule has 2 rings (SSSR count). The minimum absolute atomic E-state index is 0.169. The topological polar surface area (TPSA) is 36.7 Å². The van der Waals surface area contributed by atoms with Crippen LogP contribution in [0.5, 0.6) is 0 Å². The van der Waals surface area contributed by atoms with Gasteiger partial charge in [-0.05, 0) is 23.8 Å². The first kappa shape index (κ1) is 13.0. The van der Waals surface area contributed by atoms with Crippen LogP contribution in [0, 0.1) is 17.1 Å². The van der Waals surface area contributed by atoms with Gasteiger partial charge in [-0.25, -0.2) is 4.39 Å². The Balaban J connectivity index is 2.41. The predicted molar refractivity (Wildman–Crippen MR) is 59.3 cm³/mol. The molecule has 96 valence electrons. The molecule has 0 bridgehead atoms. The molecule has 0 N–H and O–H groups in total. The molecule has 1 heterocycles. The van der Waals surface area contributed by atoms with Crippen molar-refractivity contribution >= 4 is 0 Å². The van der Waals surface area contributed by atoms with E-state index in [1.54, 1.807) is 6.07 Å². The molecule has 0 saturated carbocycles. The standard InChI is InChI=1S/C13H6F4N2/c14-11-3-1-8(5-10(11)6-18)9-2-4-12(19-7-9)13(15,16)17/h1-5,7H. The molecule has 6 heteroatoms. The Morgan fingerprint density at radius 1 is 1.05 bits per heavy atom. The highest BCUT2D eigenvalue weighted by Crippen LogP contribution is 2.29. The van der Waals surface area contributed by atoms with Crippen LogP contribution in [-0.2, 0) is 6.18 Å². The van der Waals surface area contributed by atoms with E-state index in [0.717, 1.165) is 18.3 Å². The number of nitrogens with zero attached hydrogens (tertiary/aromatic N) is 2. The fourth-order valence-corrected chi connectivity index (χ4v) is 1.52. The lowest BCUT2D eigenvalue weighted by Gasteiger charge is -2.07. The molecule has 0 unspecified atom stereocenters. The van der Waals surface area contributed by atoms with Crippen molar-refractivity contribution in [3.8, 4) is 17.2 Å². The molecule has 0 aliphatic carbocycles. The Kier molecular flexibility index (Phi) is 3.21. The second-order valence-electron chi connectivity index (χ2n) is 3.74. The molecule has 2 aromatic rings. The molecule has 0 radical (unpaired) electrons. The maximum atomic E-state index is 13.1. The molecule has 0 saturated heterocycles. The molecule has 0 aliphatic heterocycles. The second kappa shape index (κ2) is 4.69. The first-order valence-corrected chi connectivity index (χ1v) is 5.15. The fourth-order valence-electron chi connectivity index (χ4n) is 1.52. The number of hydrogen-bond donors (Lipinski definition) is 0. The SMILES string of the molecule is N#Cc1cc(-c2ccc(C(F)(F)F)nc2)ccc1F. The van der Waals surface area contributed by atoms with Crippen molar-refractivity contribution in [2.24, 2.45) is 0 Å². The minimum Gasteiger partial charge on any atom is -0.251 e. The summed E-state index contributed by atoms with van der Waals surface area (Å²) in [5, 5.41) is 8.69. The first-order valence-electron chi connectivity index (χ1n) is 5.15. The summed E-state index contributed by atoms with van der Waals surface area (Å²) >= 11 is 0. The van der Waals surface area contributed by atoms with Gasteiger partial charge in [-0.3, -0.25) is 4.98 Å². The van der Waals surface area contributed by atoms with Crippen LogP contribution in [0.15, 0.2) is 36.5 Å². The Morgan fingerprint density at radius 3 is 2.26 bits per heavy atom. The number of hydrogen-bond acceptors (Lipinski definition) is 2. The highest BCUT2D eigenvalue weighted by molar-refractivity contribution is 5.64. The van der Waals surface area contributed by atoms with Crippen LogP contribution in [0.2, 0.25) is 0 Å². The summed E-state index contributed by atoms with van der Waals surface area (Å²) in [6.07, 6.45) is -3.46. The number of benzene rings is 1. The van der Waals surface area contributed by atoms with Gasteiger partial charge in [-0.15, -0.1) is 0 Å². The summed E-state index contributed by atoms with van der Waals surface area (Å²) in [6.45, 7) is 0. The fraction of sp³-hybridized carbons (Fsp3) is 0.0769. The highest BCUT2D eigenvalue weighted by atomic mass is 19.4. The average molecular weight is 266 g/mol. The molecule has 0 fully saturated rings. The third-order valence-electron chi connectivity index (χ3n) is 2.47. The highest BCUT2D eigenvalue weighted by Gasteiger charge is 2.32. The molecule has 2 nitrogen and oxygen atoms in total. The van der Waals surface area contributed by atoms with Crippen molar-refractivity contribution in [1.82, 2.24) is 4.98 Å². The van der Waals surface area contributed by atoms with Crippen LogP contribution in [0.1, 0.15) is 11.3 Å². The molecule has 0 aliphatic rings. The molecule has 1 aromatic heterocycles. The maximum Gasteiger partial charge on any atom is 0.433 e. The van der Waals surface area contributed by atoms with Crippen LogP contribution in [0.3, 0.4) is 0 Å². The van der Waals surface area contributed by atoms with E-state index in [1.807, 2.05) is 0 Å². The average Bonchev–Trinajstić information content (AvgIpc) is 2.38. The smallest absolute Gasteiger partial charge is 0.251 e. The van der Waals surface area contributed by atoms with Crippen LogP contribution in [-0.4, -0.2) is 4.98 Å². The predicted octanol–water partition coefficient (Wildman–Crippen LogP) is 3.78. The van der Waals surface area contributed by atoms with Crippen LogP contribution < -0.4 is 0 Å². The van der Waals surface area contributed by atoms with Gasteiger partial charge in [0.2, 0.25) is 0 Å². The van der Waals surface area contributed by atoms with Gasteiger partial charge in [-0.2, -0.15) is 18.4 Å². The zero-order valence-corrected chi connectivity index (χ0v) is 9.37. The molecule has 0 atom stereocenters. The van der Waals surface area contributed by atoms with Crippen LogP contribution >= 0.6 is 0 Å². The van der Waals surface area contributed by atoms with Crippen LogP contribution in [0.4, 0.5) is 17.6 Å². The maximum absolute atomic E-state index is 13.1. The van der Waals surface area contributed by atoms with E-state index < -0.39 is 17.7 Å². The van der Waals surface area contributed by atoms with E-state index in [1.165, 1.54) is 18.2 Å². The summed E-state index contributed by atoms with van der Waals surface area (Å²) in [7, 11) is 0. The van der Waals surface area contributed by atoms with Crippen molar-refractivity contribution in [3.63, 3.8) is 0 Å². The summed E-state index contributed by atoms with van der Waals surface area (Å²) in [6, 6.07) is 7.46. The third kappa shape index (κ3) is 2.71. The van der Waals surface area contributed by atoms with E-state index in [2.05, 4.69) is 4.98 Å². The van der Waals surface area contributed by atoms with E-state index in [0.29, 0.717) is 11.1 Å². The Bertz CT molecular complexity index is 639. The number of alkyl halides is 3. The number of halogens is 4. The summed E-state index contributed by atoms with van der Waals surface area (Å²) in [4.78, 5) is 3.30. The van der Waals surface area contributed by atoms with Gasteiger partial charge in [-0.1, -0.05) is 12.1 Å². The van der Waals surface area contributed by atoms with Crippen molar-refractivity contribution in [1.29, 1.82) is 5.26 Å². The lowest BCUT2D eigenvalue weighted by atomic mass is 10.0. The zero-order valence-electron chi connectivity index (χ0n) is 9.37. The van der Waals surface area contributed by atoms with Gasteiger partial charge >= 0.3 is 6.18 Å². The van der Waals surface area contributed by atoms with Gasteiger partial charge in [0.15, 0.2) is 0 Å². The van der Waals surface area contributed by atoms with Gasteiger partial charge in [0.1, 0.15) is 17.6 Å². The zero-order chi connectivity index (χ0) is 14.0. The number of pyridine rings is 1. The molecular formula is C13H6F4N2. The molecular weight excluding hydrogens is 260 g/mol. The number of nitriles is 1. The summed E-state index contributed by atoms with van der Waals surface area (Å²) in [5.41, 5.74) is -0.361. The van der Waals surface area contributed by atoms with Crippen molar-refractivity contribution in [2.45, 2.75) is 6.18 Å². The first-order chi connectivity index (χ1) is 8.91. The van der Waals surface area contributed by atoms with Crippen LogP contribution in [0.25, 0.3) is 11.1 Å². The van der Waals surface area contributed by atoms with Crippen molar-refractivity contribution in [3.05, 3.63) is 53.6 Å². The van der Waals surface area contributed by atoms with Gasteiger partial charge in [0.05, 0.1) is 5.56 Å². The second-order valence-corrected chi connectivity index (χ2v) is 3.74. The number of aromatic nitrogens is 1. The molecule has 0 amide bonds. The Morgan fingerprint density at radius 2 is 1.74 bits per heavy atom. The van der Waals surface area contributed by atoms with E-state index in [9.17, 15) is 17.6 Å². The normalized spacial score (nSPS) is 11.1. The molecule has 0 spiro atoms. The molecule has 19 heavy (non-hydrogen) atoms. The summed E-state index contributed by atoms with van der Waals surface area (Å²) < 4.78 is 50.1. The lowest BCUT2D eigenvalue weighted by molar-refractivity contribution is -0.141. The number of rotatable bonds is 1. The Labute approximate surface area is 105 Å². The lowest BCUT2D eigenvalue weighted by Crippen LogP contribution is -2.07. The van der Waals surface area contributed by atoms with Crippen molar-refractivity contribution in [2.75, 3.05) is 0 Å². The quantitative estimate of drug-likeness (QED) is 0.736. The monoisotopic (exact) mass is 266 g/mol. The van der Waals surface area contributed by atoms with Gasteiger partial charge in [0.25, 0.3) is 0 Å². The minimum atomic E-state index is -4.50. The van der Waals surface area contributed by atoms with E-state index >= 15 is 0 Å². The van der Waals surface area contributed by atoms with Gasteiger partial charge < -0.3 is 0 Å². The third-order valence-corrected chi connectivity index (χ3v) is 2.47. The van der Waals surface area contributed by atoms with E-state index in [4.69, 9.17) is 5.26 Å². The van der Waals surface area contributed by atoms with Crippen molar-refractivity contribution < 1.29 is 17.6 Å². The van der Waals surface area contributed by atoms with Gasteiger partial charge in [0, 0.05) is 11.8 Å². The Hall–Kier alpha value is -2.42. The largest absolute Gasteiger partial charge is 0.433 e. The molecule has 1 aromatic carbocycles. The van der Waals surface area contributed by atoms with E-state index in [-0.39, 0.29) is 5.56 Å².